The van der Waals surface area contributed by atoms with Crippen molar-refractivity contribution in [3.63, 3.8) is 0 Å². The minimum Gasteiger partial charge on any atom is -0.328 e. The molecule has 6 rings (SSSR count). The summed E-state index contributed by atoms with van der Waals surface area (Å²) in [6, 6.07) is 0.854. The van der Waals surface area contributed by atoms with E-state index in [4.69, 9.17) is 0 Å². The molecule has 36 heavy (non-hydrogen) atoms. The average molecular weight is 516 g/mol. The van der Waals surface area contributed by atoms with Gasteiger partial charge < -0.3 is 14.7 Å². The van der Waals surface area contributed by atoms with Crippen molar-refractivity contribution in [2.75, 3.05) is 13.1 Å². The maximum absolute atomic E-state index is 13.2. The van der Waals surface area contributed by atoms with E-state index in [-0.39, 0.29) is 12.6 Å². The number of aliphatic imine (C=N–C) groups is 1. The molecule has 5 fully saturated rings. The van der Waals surface area contributed by atoms with Gasteiger partial charge in [0.25, 0.3) is 5.91 Å². The summed E-state index contributed by atoms with van der Waals surface area (Å²) < 4.78 is 12.1. The molecule has 3 heterocycles. The molecule has 6 atom stereocenters. The highest BCUT2D eigenvalue weighted by Gasteiger charge is 2.54. The molecule has 2 N–H and O–H groups in total. The van der Waals surface area contributed by atoms with Gasteiger partial charge in [0.05, 0.1) is 12.2 Å². The van der Waals surface area contributed by atoms with Crippen LogP contribution in [0, 0.1) is 23.2 Å². The third-order valence-corrected chi connectivity index (χ3v) is 11.0. The Morgan fingerprint density at radius 3 is 2.42 bits per heavy atom. The van der Waals surface area contributed by atoms with Crippen LogP contribution in [0.5, 0.6) is 0 Å². The van der Waals surface area contributed by atoms with E-state index in [1.165, 1.54) is 32.1 Å². The Bertz CT molecular complexity index is 1010. The second-order valence-electron chi connectivity index (χ2n) is 12.3. The second-order valence-corrected chi connectivity index (χ2v) is 13.8. The van der Waals surface area contributed by atoms with Gasteiger partial charge in [-0.05, 0) is 87.2 Å². The summed E-state index contributed by atoms with van der Waals surface area (Å²) in [5, 5.41) is 0. The lowest BCUT2D eigenvalue weighted by Crippen LogP contribution is -2.60. The van der Waals surface area contributed by atoms with Gasteiger partial charge in [0.15, 0.2) is 0 Å². The monoisotopic (exact) mass is 515 g/mol. The van der Waals surface area contributed by atoms with E-state index in [0.717, 1.165) is 50.0 Å². The van der Waals surface area contributed by atoms with Crippen LogP contribution in [0.1, 0.15) is 71.6 Å². The van der Waals surface area contributed by atoms with Crippen LogP contribution in [-0.4, -0.2) is 62.2 Å². The molecule has 1 amide bonds. The molecular formula is C28H42N3O4P. The first-order valence-corrected chi connectivity index (χ1v) is 15.4. The van der Waals surface area contributed by atoms with Gasteiger partial charge >= 0.3 is 7.60 Å². The zero-order valence-corrected chi connectivity index (χ0v) is 22.7. The van der Waals surface area contributed by atoms with E-state index >= 15 is 0 Å². The fourth-order valence-electron chi connectivity index (χ4n) is 8.11. The lowest BCUT2D eigenvalue weighted by Gasteiger charge is -2.60. The molecule has 0 aromatic heterocycles. The Morgan fingerprint density at radius 2 is 1.81 bits per heavy atom. The molecule has 8 heteroatoms. The third kappa shape index (κ3) is 4.84. The zero-order chi connectivity index (χ0) is 25.7. The molecule has 2 saturated heterocycles. The topological polar surface area (TPSA) is 93.4 Å². The number of carbonyl (C=O) groups is 1. The van der Waals surface area contributed by atoms with Gasteiger partial charge in [-0.3, -0.25) is 14.3 Å². The maximum Gasteiger partial charge on any atom is 0.380 e. The summed E-state index contributed by atoms with van der Waals surface area (Å²) in [5.74, 6) is 2.05. The summed E-state index contributed by atoms with van der Waals surface area (Å²) in [6.45, 7) is 10.0. The number of amides is 1. The highest BCUT2D eigenvalue weighted by atomic mass is 31.2. The molecule has 0 aromatic rings. The van der Waals surface area contributed by atoms with Crippen molar-refractivity contribution in [2.45, 2.75) is 89.8 Å². The van der Waals surface area contributed by atoms with Crippen LogP contribution < -0.4 is 0 Å². The fourth-order valence-corrected chi connectivity index (χ4v) is 8.74. The number of piperidine rings is 2. The van der Waals surface area contributed by atoms with Crippen molar-refractivity contribution in [3.8, 4) is 0 Å². The molecule has 4 bridgehead atoms. The molecule has 0 aromatic carbocycles. The second kappa shape index (κ2) is 9.98. The van der Waals surface area contributed by atoms with Gasteiger partial charge in [-0.25, -0.2) is 4.99 Å². The molecule has 198 valence electrons. The van der Waals surface area contributed by atoms with Gasteiger partial charge in [-0.15, -0.1) is 0 Å². The van der Waals surface area contributed by atoms with Crippen molar-refractivity contribution in [2.24, 2.45) is 28.2 Å². The maximum atomic E-state index is 13.2. The number of hydrogen-bond donors (Lipinski definition) is 2. The van der Waals surface area contributed by atoms with Gasteiger partial charge in [0.2, 0.25) is 5.45 Å². The molecule has 1 unspecified atom stereocenters. The van der Waals surface area contributed by atoms with Crippen molar-refractivity contribution >= 4 is 19.0 Å². The first kappa shape index (κ1) is 26.1. The number of fused-ring (bicyclic) bond motifs is 4. The van der Waals surface area contributed by atoms with E-state index in [2.05, 4.69) is 30.3 Å². The Kier molecular flexibility index (Phi) is 7.23. The van der Waals surface area contributed by atoms with Crippen LogP contribution in [0.15, 0.2) is 41.6 Å². The van der Waals surface area contributed by atoms with Crippen molar-refractivity contribution in [3.05, 3.63) is 36.6 Å². The largest absolute Gasteiger partial charge is 0.380 e. The normalized spacial score (nSPS) is 37.7. The van der Waals surface area contributed by atoms with Crippen molar-refractivity contribution < 1.29 is 19.1 Å². The van der Waals surface area contributed by atoms with Gasteiger partial charge in [0, 0.05) is 18.1 Å². The molecule has 3 aliphatic heterocycles. The average Bonchev–Trinajstić information content (AvgIpc) is 2.82. The minimum absolute atomic E-state index is 0.0195. The Hall–Kier alpha value is -1.53. The van der Waals surface area contributed by atoms with Crippen LogP contribution >= 0.6 is 7.60 Å². The Balaban J connectivity index is 1.28. The third-order valence-electron chi connectivity index (χ3n) is 10.1. The molecule has 6 aliphatic rings. The summed E-state index contributed by atoms with van der Waals surface area (Å²) >= 11 is 0. The molecule has 0 radical (unpaired) electrons. The predicted molar refractivity (Wildman–Crippen MR) is 142 cm³/mol. The van der Waals surface area contributed by atoms with Crippen LogP contribution in [0.4, 0.5) is 0 Å². The summed E-state index contributed by atoms with van der Waals surface area (Å²) in [6.07, 6.45) is 17.5. The molecule has 3 aliphatic carbocycles. The van der Waals surface area contributed by atoms with Crippen LogP contribution in [0.2, 0.25) is 0 Å². The van der Waals surface area contributed by atoms with E-state index in [9.17, 15) is 19.1 Å². The van der Waals surface area contributed by atoms with E-state index in [1.54, 1.807) is 29.2 Å². The molecule has 7 nitrogen and oxygen atoms in total. The summed E-state index contributed by atoms with van der Waals surface area (Å²) in [4.78, 5) is 41.4. The summed E-state index contributed by atoms with van der Waals surface area (Å²) in [5.41, 5.74) is 0.389. The van der Waals surface area contributed by atoms with Gasteiger partial charge in [-0.2, -0.15) is 0 Å². The molecule has 3 saturated carbocycles. The fraction of sp³-hybridized carbons (Fsp3) is 0.714. The highest BCUT2D eigenvalue weighted by molar-refractivity contribution is 7.73. The van der Waals surface area contributed by atoms with Crippen LogP contribution in [0.25, 0.3) is 0 Å². The number of allylic oxidation sites excluding steroid dienone is 4. The highest BCUT2D eigenvalue weighted by Crippen LogP contribution is 2.62. The molecule has 0 spiro atoms. The van der Waals surface area contributed by atoms with Crippen LogP contribution in [-0.2, 0) is 9.36 Å². The van der Waals surface area contributed by atoms with E-state index in [0.29, 0.717) is 23.2 Å². The molecular weight excluding hydrogens is 473 g/mol. The lowest BCUT2D eigenvalue weighted by atomic mass is 9.45. The van der Waals surface area contributed by atoms with Crippen LogP contribution in [0.3, 0.4) is 0 Å². The van der Waals surface area contributed by atoms with E-state index in [1.807, 2.05) is 0 Å². The van der Waals surface area contributed by atoms with Gasteiger partial charge in [0.1, 0.15) is 0 Å². The summed E-state index contributed by atoms with van der Waals surface area (Å²) in [7, 11) is -4.77. The Morgan fingerprint density at radius 1 is 1.08 bits per heavy atom. The number of hydrogen-bond acceptors (Lipinski definition) is 4. The predicted octanol–water partition coefficient (Wildman–Crippen LogP) is 4.88. The zero-order valence-electron chi connectivity index (χ0n) is 21.8. The first-order chi connectivity index (χ1) is 17.1. The number of nitrogens with zero attached hydrogens (tertiary/aromatic N) is 3. The SMILES string of the molecule is C=C/C=C\C=C1/CN(C2C[C@H]3CCC[C@@H](C2)N3CC[C@@H]2CC[C@H]3C[C@@H]2C3(C)C)C(=O)C(P(=O)(O)O)=N1. The number of carbonyl (C=O) groups excluding carboxylic acids is 1. The Labute approximate surface area is 215 Å². The van der Waals surface area contributed by atoms with Crippen molar-refractivity contribution in [1.82, 2.24) is 9.80 Å². The minimum atomic E-state index is -4.77. The smallest absolute Gasteiger partial charge is 0.328 e. The standard InChI is InChI=1S/C28H42N3O4P/c1-4-5-6-8-21-18-31(27(32)26(29-21)36(33,34)35)24-16-22-9-7-10-23(17-24)30(22)14-13-19-11-12-20-15-25(19)28(20,2)3/h4-6,8,19-20,22-25H,1,7,9-18H2,2-3H3,(H2,33,34,35)/b6-5-,21-8+/t19-,20-,22-,23+,24?,25-/m0/s1. The first-order valence-electron chi connectivity index (χ1n) is 13.8. The lowest BCUT2D eigenvalue weighted by molar-refractivity contribution is -0.129. The number of rotatable bonds is 7. The van der Waals surface area contributed by atoms with Gasteiger partial charge in [-0.1, -0.05) is 45.1 Å². The quantitative estimate of drug-likeness (QED) is 0.372. The van der Waals surface area contributed by atoms with Crippen molar-refractivity contribution in [1.29, 1.82) is 0 Å². The van der Waals surface area contributed by atoms with E-state index < -0.39 is 19.0 Å².